The van der Waals surface area contributed by atoms with Crippen LogP contribution in [0.1, 0.15) is 37.1 Å². The summed E-state index contributed by atoms with van der Waals surface area (Å²) in [5.74, 6) is 0. The third-order valence-corrected chi connectivity index (χ3v) is 3.49. The van der Waals surface area contributed by atoms with Crippen LogP contribution >= 0.6 is 15.9 Å². The highest BCUT2D eigenvalue weighted by Crippen LogP contribution is 2.35. The molecule has 0 saturated heterocycles. The number of nitrogens with two attached hydrogens (primary N) is 1. The minimum Gasteiger partial charge on any atom is -0.323 e. The van der Waals surface area contributed by atoms with Crippen molar-refractivity contribution >= 4 is 15.9 Å². The van der Waals surface area contributed by atoms with Crippen molar-refractivity contribution in [3.63, 3.8) is 0 Å². The van der Waals surface area contributed by atoms with Crippen LogP contribution in [0.5, 0.6) is 0 Å². The van der Waals surface area contributed by atoms with Crippen molar-refractivity contribution in [1.29, 1.82) is 0 Å². The van der Waals surface area contributed by atoms with E-state index in [1.54, 1.807) is 0 Å². The Morgan fingerprint density at radius 3 is 2.71 bits per heavy atom. The van der Waals surface area contributed by atoms with Crippen molar-refractivity contribution in [1.82, 2.24) is 15.0 Å². The number of halogens is 4. The first-order valence-corrected chi connectivity index (χ1v) is 7.17. The molecule has 1 aromatic carbocycles. The number of alkyl halides is 3. The van der Waals surface area contributed by atoms with Crippen molar-refractivity contribution in [2.75, 3.05) is 0 Å². The lowest BCUT2D eigenvalue weighted by molar-refractivity contribution is -0.137. The van der Waals surface area contributed by atoms with Gasteiger partial charge in [0.2, 0.25) is 0 Å². The summed E-state index contributed by atoms with van der Waals surface area (Å²) in [7, 11) is 0. The smallest absolute Gasteiger partial charge is 0.323 e. The number of aromatic nitrogens is 3. The summed E-state index contributed by atoms with van der Waals surface area (Å²) < 4.78 is 40.7. The van der Waals surface area contributed by atoms with Crippen LogP contribution in [0.15, 0.2) is 28.9 Å². The lowest BCUT2D eigenvalue weighted by Crippen LogP contribution is -2.11. The molecule has 2 N–H and O–H groups in total. The lowest BCUT2D eigenvalue weighted by Gasteiger charge is -2.12. The van der Waals surface area contributed by atoms with Crippen LogP contribution in [-0.4, -0.2) is 15.0 Å². The Balaban J connectivity index is 2.43. The predicted octanol–water partition coefficient (Wildman–Crippen LogP) is 3.85. The minimum absolute atomic E-state index is 0.0758. The largest absolute Gasteiger partial charge is 0.418 e. The van der Waals surface area contributed by atoms with E-state index in [2.05, 4.69) is 26.2 Å². The van der Waals surface area contributed by atoms with Crippen LogP contribution in [-0.2, 0) is 6.18 Å². The Morgan fingerprint density at radius 1 is 1.38 bits per heavy atom. The first-order chi connectivity index (χ1) is 9.82. The van der Waals surface area contributed by atoms with Gasteiger partial charge in [0.25, 0.3) is 0 Å². The van der Waals surface area contributed by atoms with Crippen molar-refractivity contribution < 1.29 is 13.2 Å². The molecular formula is C13H14BrF3N4. The van der Waals surface area contributed by atoms with Crippen LogP contribution in [0.4, 0.5) is 13.2 Å². The standard InChI is InChI=1S/C13H14BrF3N4/c1-2-3-10(18)11-7-21(20-19-11)12-5-4-8(14)6-9(12)13(15,16)17/h4-7,10H,2-3,18H2,1H3. The molecule has 0 aliphatic heterocycles. The molecule has 0 bridgehead atoms. The SMILES string of the molecule is CCCC(N)c1cn(-c2ccc(Br)cc2C(F)(F)F)nn1. The maximum absolute atomic E-state index is 13.1. The van der Waals surface area contributed by atoms with E-state index in [-0.39, 0.29) is 11.7 Å². The summed E-state index contributed by atoms with van der Waals surface area (Å²) in [5, 5.41) is 7.63. The highest BCUT2D eigenvalue weighted by atomic mass is 79.9. The molecule has 0 aliphatic rings. The van der Waals surface area contributed by atoms with Crippen LogP contribution in [0.2, 0.25) is 0 Å². The lowest BCUT2D eigenvalue weighted by atomic mass is 10.1. The van der Waals surface area contributed by atoms with E-state index in [1.165, 1.54) is 18.3 Å². The second kappa shape index (κ2) is 6.15. The summed E-state index contributed by atoms with van der Waals surface area (Å²) in [6, 6.07) is 3.56. The van der Waals surface area contributed by atoms with Gasteiger partial charge in [-0.1, -0.05) is 34.5 Å². The maximum Gasteiger partial charge on any atom is 0.418 e. The van der Waals surface area contributed by atoms with Crippen molar-refractivity contribution in [2.45, 2.75) is 32.0 Å². The first-order valence-electron chi connectivity index (χ1n) is 6.38. The molecular weight excluding hydrogens is 349 g/mol. The molecule has 4 nitrogen and oxygen atoms in total. The number of benzene rings is 1. The zero-order valence-electron chi connectivity index (χ0n) is 11.2. The topological polar surface area (TPSA) is 56.7 Å². The van der Waals surface area contributed by atoms with E-state index in [9.17, 15) is 13.2 Å². The van der Waals surface area contributed by atoms with Gasteiger partial charge in [0.1, 0.15) is 0 Å². The van der Waals surface area contributed by atoms with Gasteiger partial charge in [-0.15, -0.1) is 5.10 Å². The molecule has 1 heterocycles. The van der Waals surface area contributed by atoms with E-state index in [0.29, 0.717) is 16.6 Å². The molecule has 114 valence electrons. The van der Waals surface area contributed by atoms with Crippen LogP contribution in [0.25, 0.3) is 5.69 Å². The van der Waals surface area contributed by atoms with E-state index in [4.69, 9.17) is 5.73 Å². The van der Waals surface area contributed by atoms with Crippen molar-refractivity contribution in [3.8, 4) is 5.69 Å². The average molecular weight is 363 g/mol. The normalized spacial score (nSPS) is 13.4. The van der Waals surface area contributed by atoms with E-state index in [0.717, 1.165) is 17.2 Å². The molecule has 1 atom stereocenters. The monoisotopic (exact) mass is 362 g/mol. The summed E-state index contributed by atoms with van der Waals surface area (Å²) in [4.78, 5) is 0. The molecule has 1 unspecified atom stereocenters. The average Bonchev–Trinajstić information content (AvgIpc) is 2.87. The summed E-state index contributed by atoms with van der Waals surface area (Å²) in [6.07, 6.45) is -1.47. The van der Waals surface area contributed by atoms with Gasteiger partial charge in [0.05, 0.1) is 29.2 Å². The van der Waals surface area contributed by atoms with E-state index < -0.39 is 11.7 Å². The molecule has 0 aliphatic carbocycles. The molecule has 2 rings (SSSR count). The van der Waals surface area contributed by atoms with Gasteiger partial charge >= 0.3 is 6.18 Å². The van der Waals surface area contributed by atoms with Gasteiger partial charge in [0, 0.05) is 4.47 Å². The quantitative estimate of drug-likeness (QED) is 0.898. The van der Waals surface area contributed by atoms with Gasteiger partial charge in [-0.3, -0.25) is 0 Å². The molecule has 0 spiro atoms. The fourth-order valence-electron chi connectivity index (χ4n) is 1.96. The minimum atomic E-state index is -4.48. The fourth-order valence-corrected chi connectivity index (χ4v) is 2.32. The summed E-state index contributed by atoms with van der Waals surface area (Å²) in [6.45, 7) is 1.97. The van der Waals surface area contributed by atoms with Gasteiger partial charge in [-0.05, 0) is 24.6 Å². The Morgan fingerprint density at radius 2 is 2.10 bits per heavy atom. The second-order valence-corrected chi connectivity index (χ2v) is 5.56. The highest BCUT2D eigenvalue weighted by molar-refractivity contribution is 9.10. The first kappa shape index (κ1) is 16.0. The predicted molar refractivity (Wildman–Crippen MR) is 75.9 cm³/mol. The summed E-state index contributed by atoms with van der Waals surface area (Å²) in [5.41, 5.74) is 5.52. The summed E-state index contributed by atoms with van der Waals surface area (Å²) >= 11 is 3.05. The number of nitrogens with zero attached hydrogens (tertiary/aromatic N) is 3. The third-order valence-electron chi connectivity index (χ3n) is 3.00. The van der Waals surface area contributed by atoms with Gasteiger partial charge < -0.3 is 5.73 Å². The highest BCUT2D eigenvalue weighted by Gasteiger charge is 2.34. The Labute approximate surface area is 128 Å². The van der Waals surface area contributed by atoms with E-state index >= 15 is 0 Å². The number of rotatable bonds is 4. The van der Waals surface area contributed by atoms with Gasteiger partial charge in [-0.25, -0.2) is 4.68 Å². The Hall–Kier alpha value is -1.41. The van der Waals surface area contributed by atoms with Gasteiger partial charge in [-0.2, -0.15) is 13.2 Å². The number of hydrogen-bond acceptors (Lipinski definition) is 3. The molecule has 1 aromatic heterocycles. The third kappa shape index (κ3) is 3.62. The van der Waals surface area contributed by atoms with Crippen molar-refractivity contribution in [2.24, 2.45) is 5.73 Å². The molecule has 0 amide bonds. The molecule has 0 fully saturated rings. The molecule has 0 radical (unpaired) electrons. The number of hydrogen-bond donors (Lipinski definition) is 1. The zero-order chi connectivity index (χ0) is 15.6. The molecule has 2 aromatic rings. The zero-order valence-corrected chi connectivity index (χ0v) is 12.8. The second-order valence-electron chi connectivity index (χ2n) is 4.64. The van der Waals surface area contributed by atoms with Crippen molar-refractivity contribution in [3.05, 3.63) is 40.1 Å². The van der Waals surface area contributed by atoms with Crippen LogP contribution in [0, 0.1) is 0 Å². The maximum atomic E-state index is 13.1. The van der Waals surface area contributed by atoms with Crippen LogP contribution < -0.4 is 5.73 Å². The molecule has 8 heteroatoms. The van der Waals surface area contributed by atoms with E-state index in [1.807, 2.05) is 6.92 Å². The van der Waals surface area contributed by atoms with Gasteiger partial charge in [0.15, 0.2) is 0 Å². The fraction of sp³-hybridized carbons (Fsp3) is 0.385. The Kier molecular flexibility index (Phi) is 4.67. The molecule has 0 saturated carbocycles. The Bertz CT molecular complexity index is 624. The molecule has 21 heavy (non-hydrogen) atoms. The van der Waals surface area contributed by atoms with Crippen LogP contribution in [0.3, 0.4) is 0 Å².